The Kier molecular flexibility index (Phi) is 6.62. The molecule has 8 heteroatoms. The van der Waals surface area contributed by atoms with E-state index in [1.165, 1.54) is 30.3 Å². The first-order valence-corrected chi connectivity index (χ1v) is 11.8. The summed E-state index contributed by atoms with van der Waals surface area (Å²) >= 11 is 5.90. The normalized spacial score (nSPS) is 12.7. The Morgan fingerprint density at radius 1 is 0.848 bits per heavy atom. The molecule has 0 saturated carbocycles. The summed E-state index contributed by atoms with van der Waals surface area (Å²) in [5, 5.41) is -1.22. The molecule has 0 aliphatic heterocycles. The summed E-state index contributed by atoms with van der Waals surface area (Å²) in [4.78, 5) is 8.54. The molecule has 0 aliphatic carbocycles. The van der Waals surface area contributed by atoms with E-state index in [1.54, 1.807) is 42.6 Å². The quantitative estimate of drug-likeness (QED) is 0.331. The highest BCUT2D eigenvalue weighted by Crippen LogP contribution is 2.36. The lowest BCUT2D eigenvalue weighted by Gasteiger charge is -2.19. The van der Waals surface area contributed by atoms with Crippen LogP contribution in [0.5, 0.6) is 0 Å². The number of halogens is 3. The summed E-state index contributed by atoms with van der Waals surface area (Å²) in [5.74, 6) is -1.61. The lowest BCUT2D eigenvalue weighted by atomic mass is 10.1. The molecule has 2 aromatic carbocycles. The molecule has 0 fully saturated rings. The molecule has 2 aromatic heterocycles. The molecule has 0 saturated heterocycles. The standard InChI is InChI=1S/C25H17ClF2N2O2S/c26-17-7-12-21(13-8-17)33(31,32)25(22-16-18(27)9-14-23(22)28)24-6-3-5-20(30-24)11-10-19-4-1-2-15-29-19/h1-16,25H/b11-10+. The summed E-state index contributed by atoms with van der Waals surface area (Å²) < 4.78 is 56.0. The molecule has 0 aliphatic rings. The molecule has 1 atom stereocenters. The SMILES string of the molecule is O=S(=O)(c1ccc(Cl)cc1)C(c1cccc(/C=C/c2ccccn2)n1)c1cc(F)ccc1F. The third-order valence-corrected chi connectivity index (χ3v) is 7.16. The minimum atomic E-state index is -4.21. The van der Waals surface area contributed by atoms with Crippen molar-refractivity contribution in [2.75, 3.05) is 0 Å². The van der Waals surface area contributed by atoms with Crippen LogP contribution in [0.1, 0.15) is 27.9 Å². The first-order chi connectivity index (χ1) is 15.8. The zero-order valence-corrected chi connectivity index (χ0v) is 18.6. The third kappa shape index (κ3) is 5.16. The Labute approximate surface area is 195 Å². The van der Waals surface area contributed by atoms with Gasteiger partial charge in [-0.1, -0.05) is 23.7 Å². The molecule has 4 nitrogen and oxygen atoms in total. The fourth-order valence-electron chi connectivity index (χ4n) is 3.31. The number of sulfone groups is 1. The van der Waals surface area contributed by atoms with Crippen molar-refractivity contribution >= 4 is 33.6 Å². The fourth-order valence-corrected chi connectivity index (χ4v) is 5.19. The number of aromatic nitrogens is 2. The van der Waals surface area contributed by atoms with Gasteiger partial charge < -0.3 is 0 Å². The van der Waals surface area contributed by atoms with Crippen LogP contribution in [0.2, 0.25) is 5.02 Å². The second kappa shape index (κ2) is 9.60. The molecule has 166 valence electrons. The Morgan fingerprint density at radius 3 is 2.30 bits per heavy atom. The first-order valence-electron chi connectivity index (χ1n) is 9.85. The van der Waals surface area contributed by atoms with Crippen molar-refractivity contribution < 1.29 is 17.2 Å². The van der Waals surface area contributed by atoms with Crippen LogP contribution < -0.4 is 0 Å². The van der Waals surface area contributed by atoms with Gasteiger partial charge in [-0.25, -0.2) is 17.2 Å². The molecule has 0 amide bonds. The van der Waals surface area contributed by atoms with E-state index in [9.17, 15) is 17.2 Å². The highest BCUT2D eigenvalue weighted by molar-refractivity contribution is 7.91. The smallest absolute Gasteiger partial charge is 0.191 e. The van der Waals surface area contributed by atoms with Crippen LogP contribution in [-0.4, -0.2) is 18.4 Å². The van der Waals surface area contributed by atoms with E-state index in [4.69, 9.17) is 11.6 Å². The second-order valence-corrected chi connectivity index (χ2v) is 9.59. The predicted molar refractivity (Wildman–Crippen MR) is 124 cm³/mol. The van der Waals surface area contributed by atoms with Gasteiger partial charge in [-0.3, -0.25) is 9.97 Å². The lowest BCUT2D eigenvalue weighted by Crippen LogP contribution is -2.18. The Morgan fingerprint density at radius 2 is 1.58 bits per heavy atom. The van der Waals surface area contributed by atoms with Crippen molar-refractivity contribution in [2.45, 2.75) is 10.1 Å². The molecular formula is C25H17ClF2N2O2S. The van der Waals surface area contributed by atoms with Gasteiger partial charge >= 0.3 is 0 Å². The van der Waals surface area contributed by atoms with Crippen molar-refractivity contribution in [3.05, 3.63) is 124 Å². The van der Waals surface area contributed by atoms with Crippen molar-refractivity contribution in [3.63, 3.8) is 0 Å². The van der Waals surface area contributed by atoms with E-state index >= 15 is 0 Å². The number of pyridine rings is 2. The largest absolute Gasteiger partial charge is 0.257 e. The summed E-state index contributed by atoms with van der Waals surface area (Å²) in [6, 6.07) is 18.4. The number of rotatable bonds is 6. The monoisotopic (exact) mass is 482 g/mol. The molecule has 4 aromatic rings. The maximum absolute atomic E-state index is 14.8. The Bertz CT molecular complexity index is 1410. The number of hydrogen-bond donors (Lipinski definition) is 0. The highest BCUT2D eigenvalue weighted by atomic mass is 35.5. The highest BCUT2D eigenvalue weighted by Gasteiger charge is 2.34. The summed E-state index contributed by atoms with van der Waals surface area (Å²) in [7, 11) is -4.21. The van der Waals surface area contributed by atoms with Gasteiger partial charge in [0.25, 0.3) is 0 Å². The second-order valence-electron chi connectivity index (χ2n) is 7.12. The number of nitrogens with zero attached hydrogens (tertiary/aromatic N) is 2. The molecule has 0 radical (unpaired) electrons. The van der Waals surface area contributed by atoms with E-state index in [2.05, 4.69) is 9.97 Å². The first kappa shape index (κ1) is 22.8. The molecule has 2 heterocycles. The van der Waals surface area contributed by atoms with Gasteiger partial charge in [-0.15, -0.1) is 0 Å². The zero-order chi connectivity index (χ0) is 23.4. The van der Waals surface area contributed by atoms with Gasteiger partial charge in [0, 0.05) is 16.8 Å². The molecule has 0 N–H and O–H groups in total. The minimum absolute atomic E-state index is 0.0534. The van der Waals surface area contributed by atoms with Crippen molar-refractivity contribution in [3.8, 4) is 0 Å². The van der Waals surface area contributed by atoms with Gasteiger partial charge in [0.05, 0.1) is 22.0 Å². The Hall–Kier alpha value is -3.42. The summed E-state index contributed by atoms with van der Waals surface area (Å²) in [6.45, 7) is 0. The van der Waals surface area contributed by atoms with Crippen LogP contribution in [0.3, 0.4) is 0 Å². The number of hydrogen-bond acceptors (Lipinski definition) is 4. The van der Waals surface area contributed by atoms with E-state index in [0.29, 0.717) is 16.4 Å². The topological polar surface area (TPSA) is 59.9 Å². The van der Waals surface area contributed by atoms with Crippen molar-refractivity contribution in [2.24, 2.45) is 0 Å². The van der Waals surface area contributed by atoms with Gasteiger partial charge in [0.2, 0.25) is 0 Å². The maximum Gasteiger partial charge on any atom is 0.191 e. The molecule has 0 spiro atoms. The van der Waals surface area contributed by atoms with Crippen LogP contribution in [0.25, 0.3) is 12.2 Å². The van der Waals surface area contributed by atoms with Crippen LogP contribution in [0.15, 0.2) is 90.0 Å². The molecular weight excluding hydrogens is 466 g/mol. The average Bonchev–Trinajstić information content (AvgIpc) is 2.81. The van der Waals surface area contributed by atoms with E-state index < -0.39 is 26.7 Å². The van der Waals surface area contributed by atoms with E-state index in [0.717, 1.165) is 18.2 Å². The van der Waals surface area contributed by atoms with E-state index in [1.807, 2.05) is 6.07 Å². The molecule has 33 heavy (non-hydrogen) atoms. The van der Waals surface area contributed by atoms with Crippen molar-refractivity contribution in [1.82, 2.24) is 9.97 Å². The third-order valence-electron chi connectivity index (χ3n) is 4.87. The zero-order valence-electron chi connectivity index (χ0n) is 17.1. The number of benzene rings is 2. The lowest BCUT2D eigenvalue weighted by molar-refractivity contribution is 0.568. The molecule has 1 unspecified atom stereocenters. The molecule has 4 rings (SSSR count). The average molecular weight is 483 g/mol. The van der Waals surface area contributed by atoms with Gasteiger partial charge in [0.1, 0.15) is 16.9 Å². The Balaban J connectivity index is 1.84. The van der Waals surface area contributed by atoms with Crippen molar-refractivity contribution in [1.29, 1.82) is 0 Å². The fraction of sp³-hybridized carbons (Fsp3) is 0.0400. The predicted octanol–water partition coefficient (Wildman–Crippen LogP) is 6.14. The van der Waals surface area contributed by atoms with Crippen LogP contribution in [0, 0.1) is 11.6 Å². The minimum Gasteiger partial charge on any atom is -0.257 e. The summed E-state index contributed by atoms with van der Waals surface area (Å²) in [6.07, 6.45) is 5.03. The van der Waals surface area contributed by atoms with Crippen LogP contribution in [-0.2, 0) is 9.84 Å². The van der Waals surface area contributed by atoms with Crippen LogP contribution in [0.4, 0.5) is 8.78 Å². The molecule has 0 bridgehead atoms. The van der Waals surface area contributed by atoms with Gasteiger partial charge in [-0.2, -0.15) is 0 Å². The van der Waals surface area contributed by atoms with Gasteiger partial charge in [0.15, 0.2) is 9.84 Å². The van der Waals surface area contributed by atoms with Gasteiger partial charge in [-0.05, 0) is 78.9 Å². The summed E-state index contributed by atoms with van der Waals surface area (Å²) in [5.41, 5.74) is 0.846. The maximum atomic E-state index is 14.8. The van der Waals surface area contributed by atoms with E-state index in [-0.39, 0.29) is 16.2 Å². The van der Waals surface area contributed by atoms with Crippen LogP contribution >= 0.6 is 11.6 Å².